The molecule has 2 aliphatic rings. The summed E-state index contributed by atoms with van der Waals surface area (Å²) in [7, 11) is 0. The number of aliphatic hydroxyl groups excluding tert-OH is 1. The summed E-state index contributed by atoms with van der Waals surface area (Å²) in [5.74, 6) is 0.0807. The van der Waals surface area contributed by atoms with Crippen molar-refractivity contribution >= 4 is 22.8 Å². The molecule has 1 fully saturated rings. The number of benzene rings is 1. The van der Waals surface area contributed by atoms with Crippen LogP contribution in [0.5, 0.6) is 11.5 Å². The van der Waals surface area contributed by atoms with Gasteiger partial charge in [-0.25, -0.2) is 0 Å². The SMILES string of the molecule is OCCN1CCCC(C=Nc2c3c(nc4cc(O)c(O)cc24)CCCCC3)C1. The van der Waals surface area contributed by atoms with Crippen LogP contribution in [0.4, 0.5) is 5.69 Å². The Morgan fingerprint density at radius 3 is 2.79 bits per heavy atom. The van der Waals surface area contributed by atoms with Gasteiger partial charge in [0.25, 0.3) is 0 Å². The van der Waals surface area contributed by atoms with Crippen LogP contribution in [0.2, 0.25) is 0 Å². The van der Waals surface area contributed by atoms with Crippen molar-refractivity contribution in [2.75, 3.05) is 26.2 Å². The van der Waals surface area contributed by atoms with Crippen LogP contribution in [0.25, 0.3) is 10.9 Å². The topological polar surface area (TPSA) is 89.2 Å². The number of phenols is 2. The fourth-order valence-corrected chi connectivity index (χ4v) is 4.49. The summed E-state index contributed by atoms with van der Waals surface area (Å²) < 4.78 is 0. The van der Waals surface area contributed by atoms with E-state index >= 15 is 0 Å². The number of aryl methyl sites for hydroxylation is 1. The minimum Gasteiger partial charge on any atom is -0.504 e. The lowest BCUT2D eigenvalue weighted by molar-refractivity contribution is 0.160. The molecule has 0 radical (unpaired) electrons. The molecule has 1 atom stereocenters. The van der Waals surface area contributed by atoms with Crippen molar-refractivity contribution in [3.63, 3.8) is 0 Å². The number of phenolic OH excluding ortho intramolecular Hbond substituents is 2. The highest BCUT2D eigenvalue weighted by atomic mass is 16.3. The first-order valence-corrected chi connectivity index (χ1v) is 10.4. The molecule has 1 aliphatic heterocycles. The van der Waals surface area contributed by atoms with E-state index in [1.165, 1.54) is 12.0 Å². The fourth-order valence-electron chi connectivity index (χ4n) is 4.49. The van der Waals surface area contributed by atoms with Gasteiger partial charge in [-0.15, -0.1) is 0 Å². The van der Waals surface area contributed by atoms with E-state index in [1.807, 2.05) is 6.21 Å². The Morgan fingerprint density at radius 1 is 1.11 bits per heavy atom. The molecule has 1 aromatic carbocycles. The molecule has 2 aromatic rings. The predicted molar refractivity (Wildman–Crippen MR) is 111 cm³/mol. The van der Waals surface area contributed by atoms with E-state index < -0.39 is 0 Å². The van der Waals surface area contributed by atoms with Crippen molar-refractivity contribution < 1.29 is 15.3 Å². The van der Waals surface area contributed by atoms with Crippen LogP contribution < -0.4 is 0 Å². The van der Waals surface area contributed by atoms with Gasteiger partial charge >= 0.3 is 0 Å². The molecule has 0 bridgehead atoms. The summed E-state index contributed by atoms with van der Waals surface area (Å²) >= 11 is 0. The van der Waals surface area contributed by atoms with E-state index in [1.54, 1.807) is 12.1 Å². The second-order valence-corrected chi connectivity index (χ2v) is 8.01. The minimum atomic E-state index is -0.143. The van der Waals surface area contributed by atoms with Gasteiger partial charge in [-0.3, -0.25) is 9.98 Å². The molecule has 0 spiro atoms. The van der Waals surface area contributed by atoms with Gasteiger partial charge < -0.3 is 20.2 Å². The van der Waals surface area contributed by atoms with E-state index in [-0.39, 0.29) is 18.1 Å². The number of aliphatic hydroxyl groups is 1. The van der Waals surface area contributed by atoms with E-state index in [4.69, 9.17) is 9.98 Å². The third-order valence-electron chi connectivity index (χ3n) is 5.95. The van der Waals surface area contributed by atoms with Crippen LogP contribution in [-0.2, 0) is 12.8 Å². The first-order valence-electron chi connectivity index (χ1n) is 10.4. The van der Waals surface area contributed by atoms with E-state index in [0.717, 1.165) is 68.4 Å². The first-order chi connectivity index (χ1) is 13.7. The van der Waals surface area contributed by atoms with Gasteiger partial charge in [0.15, 0.2) is 11.5 Å². The van der Waals surface area contributed by atoms with Crippen LogP contribution >= 0.6 is 0 Å². The first kappa shape index (κ1) is 19.2. The summed E-state index contributed by atoms with van der Waals surface area (Å²) in [5.41, 5.74) is 3.85. The predicted octanol–water partition coefficient (Wildman–Crippen LogP) is 3.32. The quantitative estimate of drug-likeness (QED) is 0.428. The Hall–Kier alpha value is -2.18. The van der Waals surface area contributed by atoms with Gasteiger partial charge in [-0.1, -0.05) is 6.42 Å². The lowest BCUT2D eigenvalue weighted by Gasteiger charge is -2.30. The number of aromatic nitrogens is 1. The molecule has 150 valence electrons. The Balaban J connectivity index is 1.73. The number of likely N-dealkylation sites (tertiary alicyclic amines) is 1. The van der Waals surface area contributed by atoms with Crippen molar-refractivity contribution in [2.45, 2.75) is 44.9 Å². The third-order valence-corrected chi connectivity index (χ3v) is 5.95. The molecule has 1 aliphatic carbocycles. The van der Waals surface area contributed by atoms with E-state index in [2.05, 4.69) is 4.90 Å². The van der Waals surface area contributed by atoms with Crippen molar-refractivity contribution in [2.24, 2.45) is 10.9 Å². The summed E-state index contributed by atoms with van der Waals surface area (Å²) in [6.45, 7) is 2.85. The average Bonchev–Trinajstić information content (AvgIpc) is 2.92. The van der Waals surface area contributed by atoms with Crippen molar-refractivity contribution in [3.8, 4) is 11.5 Å². The largest absolute Gasteiger partial charge is 0.504 e. The van der Waals surface area contributed by atoms with Gasteiger partial charge in [0, 0.05) is 42.4 Å². The maximum absolute atomic E-state index is 10.1. The summed E-state index contributed by atoms with van der Waals surface area (Å²) in [6.07, 6.45) is 9.58. The number of aliphatic imine (C=N–C) groups is 1. The molecule has 6 heteroatoms. The molecule has 2 heterocycles. The Kier molecular flexibility index (Phi) is 5.78. The van der Waals surface area contributed by atoms with E-state index in [0.29, 0.717) is 18.0 Å². The van der Waals surface area contributed by atoms with Gasteiger partial charge in [0.2, 0.25) is 0 Å². The Morgan fingerprint density at radius 2 is 1.93 bits per heavy atom. The Bertz CT molecular complexity index is 879. The van der Waals surface area contributed by atoms with Gasteiger partial charge in [0.1, 0.15) is 0 Å². The number of fused-ring (bicyclic) bond motifs is 2. The minimum absolute atomic E-state index is 0.133. The van der Waals surface area contributed by atoms with Gasteiger partial charge in [0.05, 0.1) is 17.8 Å². The second-order valence-electron chi connectivity index (χ2n) is 8.01. The molecule has 6 nitrogen and oxygen atoms in total. The molecule has 0 amide bonds. The zero-order valence-corrected chi connectivity index (χ0v) is 16.3. The molecular weight excluding hydrogens is 354 g/mol. The van der Waals surface area contributed by atoms with Gasteiger partial charge in [-0.05, 0) is 56.7 Å². The van der Waals surface area contributed by atoms with Crippen LogP contribution in [0.15, 0.2) is 17.1 Å². The average molecular weight is 383 g/mol. The number of piperidine rings is 1. The van der Waals surface area contributed by atoms with Crippen LogP contribution in [0.1, 0.15) is 43.4 Å². The lowest BCUT2D eigenvalue weighted by atomic mass is 9.98. The maximum Gasteiger partial charge on any atom is 0.159 e. The van der Waals surface area contributed by atoms with Gasteiger partial charge in [-0.2, -0.15) is 0 Å². The van der Waals surface area contributed by atoms with Crippen LogP contribution in [0, 0.1) is 5.92 Å². The molecule has 1 unspecified atom stereocenters. The highest BCUT2D eigenvalue weighted by molar-refractivity contribution is 5.95. The number of pyridine rings is 1. The third kappa shape index (κ3) is 3.98. The number of rotatable bonds is 4. The molecule has 0 saturated carbocycles. The molecule has 28 heavy (non-hydrogen) atoms. The molecule has 3 N–H and O–H groups in total. The van der Waals surface area contributed by atoms with Crippen LogP contribution in [0.3, 0.4) is 0 Å². The zero-order chi connectivity index (χ0) is 19.5. The normalized spacial score (nSPS) is 21.1. The van der Waals surface area contributed by atoms with Crippen LogP contribution in [-0.4, -0.2) is 57.7 Å². The fraction of sp³-hybridized carbons (Fsp3) is 0.545. The zero-order valence-electron chi connectivity index (χ0n) is 16.3. The number of hydrogen-bond acceptors (Lipinski definition) is 6. The second kappa shape index (κ2) is 8.45. The monoisotopic (exact) mass is 383 g/mol. The summed E-state index contributed by atoms with van der Waals surface area (Å²) in [4.78, 5) is 12.0. The maximum atomic E-state index is 10.1. The number of nitrogens with zero attached hydrogens (tertiary/aromatic N) is 3. The van der Waals surface area contributed by atoms with Crippen molar-refractivity contribution in [1.29, 1.82) is 0 Å². The molecule has 4 rings (SSSR count). The summed E-state index contributed by atoms with van der Waals surface area (Å²) in [6, 6.07) is 3.13. The van der Waals surface area contributed by atoms with Crippen molar-refractivity contribution in [3.05, 3.63) is 23.4 Å². The molecule has 1 saturated heterocycles. The number of hydrogen-bond donors (Lipinski definition) is 3. The summed E-state index contributed by atoms with van der Waals surface area (Å²) in [5, 5.41) is 30.0. The number of β-amino-alcohol motifs (C(OH)–C–C–N with tert-alkyl or cyclic N) is 1. The molecule has 1 aromatic heterocycles. The number of aromatic hydroxyl groups is 2. The lowest BCUT2D eigenvalue weighted by Crippen LogP contribution is -2.37. The van der Waals surface area contributed by atoms with E-state index in [9.17, 15) is 15.3 Å². The van der Waals surface area contributed by atoms with Crippen molar-refractivity contribution in [1.82, 2.24) is 9.88 Å². The standard InChI is InChI=1S/C22H29N3O3/c26-10-9-25-8-4-5-15(14-25)13-23-22-16-6-2-1-3-7-18(16)24-19-12-21(28)20(27)11-17(19)22/h11-13,15,26-28H,1-10,14H2. The smallest absolute Gasteiger partial charge is 0.159 e. The molecular formula is C22H29N3O3. The highest BCUT2D eigenvalue weighted by Crippen LogP contribution is 2.39. The Labute approximate surface area is 165 Å². The highest BCUT2D eigenvalue weighted by Gasteiger charge is 2.21.